The van der Waals surface area contributed by atoms with Crippen LogP contribution < -0.4 is 10.6 Å². The first-order valence-corrected chi connectivity index (χ1v) is 9.59. The third-order valence-corrected chi connectivity index (χ3v) is 4.44. The highest BCUT2D eigenvalue weighted by Gasteiger charge is 2.08. The van der Waals surface area contributed by atoms with Crippen molar-refractivity contribution in [2.75, 3.05) is 13.1 Å². The Morgan fingerprint density at radius 1 is 1.04 bits per heavy atom. The average molecular weight is 357 g/mol. The van der Waals surface area contributed by atoms with Crippen LogP contribution in [0.1, 0.15) is 54.3 Å². The van der Waals surface area contributed by atoms with Gasteiger partial charge in [-0.1, -0.05) is 48.3 Å². The molecule has 0 radical (unpaired) electrons. The van der Waals surface area contributed by atoms with E-state index >= 15 is 0 Å². The molecule has 2 N–H and O–H groups in total. The number of rotatable bonds is 9. The second-order valence-electron chi connectivity index (χ2n) is 6.76. The van der Waals surface area contributed by atoms with Gasteiger partial charge in [-0.25, -0.2) is 4.99 Å². The van der Waals surface area contributed by atoms with E-state index in [9.17, 15) is 0 Å². The van der Waals surface area contributed by atoms with Gasteiger partial charge in [0, 0.05) is 18.7 Å². The number of nitrogens with zero attached hydrogens (tertiary/aromatic N) is 2. The number of hydrogen-bond donors (Lipinski definition) is 2. The summed E-state index contributed by atoms with van der Waals surface area (Å²) in [7, 11) is 0. The smallest absolute Gasteiger partial charge is 0.191 e. The summed E-state index contributed by atoms with van der Waals surface area (Å²) in [5, 5.41) is 10.9. The Bertz CT molecular complexity index is 669. The highest BCUT2D eigenvalue weighted by Crippen LogP contribution is 2.13. The van der Waals surface area contributed by atoms with Crippen molar-refractivity contribution >= 4 is 5.96 Å². The molecule has 26 heavy (non-hydrogen) atoms. The molecular weight excluding hydrogens is 324 g/mol. The molecule has 0 amide bonds. The molecule has 1 aromatic carbocycles. The highest BCUT2D eigenvalue weighted by atomic mass is 16.5. The van der Waals surface area contributed by atoms with Crippen molar-refractivity contribution in [2.45, 2.75) is 59.9 Å². The van der Waals surface area contributed by atoms with Gasteiger partial charge in [0.2, 0.25) is 0 Å². The zero-order chi connectivity index (χ0) is 18.8. The molecule has 0 saturated carbocycles. The Kier molecular flexibility index (Phi) is 8.19. The number of aryl methyl sites for hydroxylation is 3. The predicted molar refractivity (Wildman–Crippen MR) is 108 cm³/mol. The molecule has 0 atom stereocenters. The summed E-state index contributed by atoms with van der Waals surface area (Å²) in [4.78, 5) is 4.73. The molecule has 1 heterocycles. The van der Waals surface area contributed by atoms with Crippen LogP contribution in [0.15, 0.2) is 33.8 Å². The zero-order valence-electron chi connectivity index (χ0n) is 16.6. The van der Waals surface area contributed by atoms with Crippen LogP contribution in [0.25, 0.3) is 0 Å². The number of hydrogen-bond acceptors (Lipinski definition) is 3. The Hall–Kier alpha value is -2.30. The lowest BCUT2D eigenvalue weighted by Crippen LogP contribution is -2.38. The van der Waals surface area contributed by atoms with Crippen molar-refractivity contribution in [3.05, 3.63) is 52.4 Å². The van der Waals surface area contributed by atoms with E-state index in [2.05, 4.69) is 53.9 Å². The lowest BCUT2D eigenvalue weighted by Gasteiger charge is -2.12. The van der Waals surface area contributed by atoms with Crippen LogP contribution in [0.3, 0.4) is 0 Å². The summed E-state index contributed by atoms with van der Waals surface area (Å²) in [5.41, 5.74) is 4.72. The average Bonchev–Trinajstić information content (AvgIpc) is 2.95. The molecule has 0 aliphatic heterocycles. The topological polar surface area (TPSA) is 62.5 Å². The molecule has 0 unspecified atom stereocenters. The van der Waals surface area contributed by atoms with Crippen molar-refractivity contribution in [3.8, 4) is 0 Å². The van der Waals surface area contributed by atoms with Gasteiger partial charge in [0.1, 0.15) is 5.76 Å². The van der Waals surface area contributed by atoms with Crippen molar-refractivity contribution in [3.63, 3.8) is 0 Å². The number of unbranched alkanes of at least 4 members (excludes halogenated alkanes) is 1. The zero-order valence-corrected chi connectivity index (χ0v) is 16.6. The fraction of sp³-hybridized carbons (Fsp3) is 0.524. The van der Waals surface area contributed by atoms with E-state index in [0.717, 1.165) is 49.8 Å². The third-order valence-electron chi connectivity index (χ3n) is 4.44. The molecule has 0 spiro atoms. The Morgan fingerprint density at radius 3 is 2.35 bits per heavy atom. The lowest BCUT2D eigenvalue weighted by atomic mass is 10.1. The quantitative estimate of drug-likeness (QED) is 0.404. The molecule has 142 valence electrons. The van der Waals surface area contributed by atoms with Crippen molar-refractivity contribution in [1.29, 1.82) is 0 Å². The largest absolute Gasteiger partial charge is 0.361 e. The van der Waals surface area contributed by atoms with Crippen molar-refractivity contribution in [2.24, 2.45) is 4.99 Å². The second-order valence-corrected chi connectivity index (χ2v) is 6.76. The maximum atomic E-state index is 5.23. The Morgan fingerprint density at radius 2 is 1.73 bits per heavy atom. The van der Waals surface area contributed by atoms with E-state index in [1.807, 2.05) is 13.8 Å². The maximum absolute atomic E-state index is 5.23. The summed E-state index contributed by atoms with van der Waals surface area (Å²) in [6, 6.07) is 8.54. The van der Waals surface area contributed by atoms with Gasteiger partial charge in [0.05, 0.1) is 12.2 Å². The van der Waals surface area contributed by atoms with Gasteiger partial charge in [-0.05, 0) is 45.6 Å². The van der Waals surface area contributed by atoms with E-state index in [1.165, 1.54) is 23.1 Å². The number of benzene rings is 1. The first-order chi connectivity index (χ1) is 12.6. The molecule has 2 aromatic rings. The highest BCUT2D eigenvalue weighted by molar-refractivity contribution is 5.79. The normalized spacial score (nSPS) is 11.6. The van der Waals surface area contributed by atoms with Crippen LogP contribution in [0.2, 0.25) is 0 Å². The van der Waals surface area contributed by atoms with Gasteiger partial charge in [-0.2, -0.15) is 0 Å². The van der Waals surface area contributed by atoms with E-state index in [0.29, 0.717) is 6.54 Å². The van der Waals surface area contributed by atoms with Gasteiger partial charge in [0.15, 0.2) is 5.96 Å². The minimum Gasteiger partial charge on any atom is -0.361 e. The fourth-order valence-electron chi connectivity index (χ4n) is 2.75. The molecule has 1 aromatic heterocycles. The van der Waals surface area contributed by atoms with Gasteiger partial charge in [-0.3, -0.25) is 0 Å². The standard InChI is InChI=1S/C21H32N4O/c1-5-6-13-22-21(24-15-19-11-9-16(2)10-12-19)23-14-7-8-20-17(3)25-26-18(20)4/h9-12H,5-8,13-15H2,1-4H3,(H2,22,23,24). The Balaban J connectivity index is 1.85. The lowest BCUT2D eigenvalue weighted by molar-refractivity contribution is 0.392. The van der Waals surface area contributed by atoms with Gasteiger partial charge in [-0.15, -0.1) is 0 Å². The summed E-state index contributed by atoms with van der Waals surface area (Å²) in [5.74, 6) is 1.81. The van der Waals surface area contributed by atoms with E-state index in [4.69, 9.17) is 9.52 Å². The second kappa shape index (κ2) is 10.6. The third kappa shape index (κ3) is 6.54. The molecule has 0 aliphatic rings. The first-order valence-electron chi connectivity index (χ1n) is 9.59. The predicted octanol–water partition coefficient (Wildman–Crippen LogP) is 4.07. The summed E-state index contributed by atoms with van der Waals surface area (Å²) in [6.45, 7) is 10.8. The van der Waals surface area contributed by atoms with Gasteiger partial charge >= 0.3 is 0 Å². The minimum atomic E-state index is 0.686. The fourth-order valence-corrected chi connectivity index (χ4v) is 2.75. The van der Waals surface area contributed by atoms with Gasteiger partial charge < -0.3 is 15.2 Å². The summed E-state index contributed by atoms with van der Waals surface area (Å²) in [6.07, 6.45) is 4.30. The Labute approximate surface area is 157 Å². The van der Waals surface area contributed by atoms with Crippen LogP contribution in [-0.2, 0) is 13.0 Å². The van der Waals surface area contributed by atoms with Gasteiger partial charge in [0.25, 0.3) is 0 Å². The molecule has 0 saturated heterocycles. The monoisotopic (exact) mass is 356 g/mol. The molecule has 5 heteroatoms. The van der Waals surface area contributed by atoms with Crippen LogP contribution in [0.5, 0.6) is 0 Å². The number of nitrogens with one attached hydrogen (secondary N) is 2. The van der Waals surface area contributed by atoms with E-state index < -0.39 is 0 Å². The molecule has 0 bridgehead atoms. The van der Waals surface area contributed by atoms with Crippen LogP contribution in [0.4, 0.5) is 0 Å². The number of aromatic nitrogens is 1. The van der Waals surface area contributed by atoms with Crippen LogP contribution in [-0.4, -0.2) is 24.2 Å². The molecular formula is C21H32N4O. The molecule has 0 fully saturated rings. The molecule has 2 rings (SSSR count). The van der Waals surface area contributed by atoms with Crippen LogP contribution in [0, 0.1) is 20.8 Å². The van der Waals surface area contributed by atoms with Crippen molar-refractivity contribution in [1.82, 2.24) is 15.8 Å². The maximum Gasteiger partial charge on any atom is 0.191 e. The van der Waals surface area contributed by atoms with E-state index in [1.54, 1.807) is 0 Å². The summed E-state index contributed by atoms with van der Waals surface area (Å²) < 4.78 is 5.23. The molecule has 0 aliphatic carbocycles. The van der Waals surface area contributed by atoms with Crippen LogP contribution >= 0.6 is 0 Å². The first kappa shape index (κ1) is 20.0. The number of aliphatic imine (C=N–C) groups is 1. The van der Waals surface area contributed by atoms with E-state index in [-0.39, 0.29) is 0 Å². The summed E-state index contributed by atoms with van der Waals surface area (Å²) >= 11 is 0. The SMILES string of the molecule is CCCCNC(=NCc1ccc(C)cc1)NCCCc1c(C)noc1C. The minimum absolute atomic E-state index is 0.686. The molecule has 5 nitrogen and oxygen atoms in total. The van der Waals surface area contributed by atoms with Crippen molar-refractivity contribution < 1.29 is 4.52 Å². The number of guanidine groups is 1.